The van der Waals surface area contributed by atoms with Crippen molar-refractivity contribution in [1.29, 1.82) is 0 Å². The Morgan fingerprint density at radius 2 is 2.04 bits per heavy atom. The second kappa shape index (κ2) is 6.76. The molecule has 144 valence electrons. The van der Waals surface area contributed by atoms with Crippen LogP contribution in [0.3, 0.4) is 0 Å². The number of piperidine rings is 2. The minimum atomic E-state index is -4.72. The number of aromatic nitrogens is 3. The zero-order valence-electron chi connectivity index (χ0n) is 14.2. The van der Waals surface area contributed by atoms with E-state index in [0.29, 0.717) is 31.8 Å². The predicted molar refractivity (Wildman–Crippen MR) is 88.3 cm³/mol. The first-order valence-electron chi connectivity index (χ1n) is 8.78. The first-order valence-corrected chi connectivity index (χ1v) is 10.1. The molecule has 26 heavy (non-hydrogen) atoms. The van der Waals surface area contributed by atoms with Crippen molar-refractivity contribution in [1.82, 2.24) is 30.3 Å². The number of nitrogens with zero attached hydrogens (tertiary/aromatic N) is 5. The number of fused-ring (bicyclic) bond motifs is 2. The minimum absolute atomic E-state index is 0.115. The lowest BCUT2D eigenvalue weighted by molar-refractivity contribution is -0.0317. The lowest BCUT2D eigenvalue weighted by Crippen LogP contribution is -2.42. The van der Waals surface area contributed by atoms with Gasteiger partial charge >= 0.3 is 16.4 Å². The number of hydrogen-bond acceptors (Lipinski definition) is 7. The first kappa shape index (κ1) is 17.6. The van der Waals surface area contributed by atoms with Crippen LogP contribution in [0.5, 0.6) is 0 Å². The van der Waals surface area contributed by atoms with Gasteiger partial charge < -0.3 is 10.2 Å². The summed E-state index contributed by atoms with van der Waals surface area (Å²) < 4.78 is 36.9. The van der Waals surface area contributed by atoms with Crippen LogP contribution in [0.15, 0.2) is 6.20 Å². The summed E-state index contributed by atoms with van der Waals surface area (Å²) in [5, 5.41) is 12.6. The van der Waals surface area contributed by atoms with E-state index in [1.165, 1.54) is 0 Å². The van der Waals surface area contributed by atoms with Gasteiger partial charge in [0.15, 0.2) is 0 Å². The number of hydrogen-bond donors (Lipinski definition) is 2. The summed E-state index contributed by atoms with van der Waals surface area (Å²) in [5.41, 5.74) is 0.976. The molecule has 2 amide bonds. The van der Waals surface area contributed by atoms with Crippen molar-refractivity contribution in [3.8, 4) is 0 Å². The molecule has 0 spiro atoms. The van der Waals surface area contributed by atoms with Crippen LogP contribution in [-0.4, -0.2) is 75.7 Å². The maximum atomic E-state index is 12.4. The second-order valence-corrected chi connectivity index (χ2v) is 8.04. The van der Waals surface area contributed by atoms with Crippen molar-refractivity contribution >= 4 is 16.4 Å². The average Bonchev–Trinajstić information content (AvgIpc) is 3.16. The molecular formula is C14H22N6O5S. The summed E-state index contributed by atoms with van der Waals surface area (Å²) >= 11 is 0. The molecule has 0 aliphatic carbocycles. The molecule has 2 N–H and O–H groups in total. The fraction of sp³-hybridized carbons (Fsp3) is 0.786. The van der Waals surface area contributed by atoms with Crippen LogP contribution in [0.2, 0.25) is 0 Å². The van der Waals surface area contributed by atoms with Gasteiger partial charge in [0.25, 0.3) is 0 Å². The van der Waals surface area contributed by atoms with Gasteiger partial charge in [-0.2, -0.15) is 13.5 Å². The van der Waals surface area contributed by atoms with Crippen LogP contribution < -0.4 is 5.32 Å². The third-order valence-electron chi connectivity index (χ3n) is 5.33. The van der Waals surface area contributed by atoms with E-state index >= 15 is 0 Å². The number of carbonyl (C=O) groups excluding carboxylic acids is 1. The summed E-state index contributed by atoms with van der Waals surface area (Å²) in [6, 6.07) is -1.04. The molecule has 0 saturated carbocycles. The average molecular weight is 386 g/mol. The van der Waals surface area contributed by atoms with Crippen LogP contribution in [0.4, 0.5) is 4.79 Å². The van der Waals surface area contributed by atoms with Crippen molar-refractivity contribution in [2.75, 3.05) is 19.6 Å². The molecular weight excluding hydrogens is 364 g/mol. The van der Waals surface area contributed by atoms with Crippen molar-refractivity contribution in [2.45, 2.75) is 50.2 Å². The van der Waals surface area contributed by atoms with Crippen molar-refractivity contribution < 1.29 is 22.0 Å². The third-order valence-corrected chi connectivity index (χ3v) is 5.68. The van der Waals surface area contributed by atoms with E-state index in [2.05, 4.69) is 19.9 Å². The molecule has 4 heterocycles. The summed E-state index contributed by atoms with van der Waals surface area (Å²) in [7, 11) is -4.72. The molecule has 3 saturated heterocycles. The van der Waals surface area contributed by atoms with Crippen molar-refractivity contribution in [2.24, 2.45) is 0 Å². The summed E-state index contributed by atoms with van der Waals surface area (Å²) in [6.07, 6.45) is 5.31. The molecule has 1 aromatic heterocycles. The summed E-state index contributed by atoms with van der Waals surface area (Å²) in [5.74, 6) is 0.410. The van der Waals surface area contributed by atoms with E-state index in [4.69, 9.17) is 4.55 Å². The molecule has 12 heteroatoms. The Kier molecular flexibility index (Phi) is 4.59. The standard InChI is InChI=1S/C14H22N6O5S/c21-14-19-8-12(20(14)25-26(22,23)24)2-1-11(19)7-18-9-13(16-17-18)10-3-5-15-6-4-10/h9-12,15H,1-8H2,(H,22,23,24)/t11-,12+/m0/s1. The predicted octanol–water partition coefficient (Wildman–Crippen LogP) is -0.252. The van der Waals surface area contributed by atoms with Gasteiger partial charge in [-0.05, 0) is 38.8 Å². The third kappa shape index (κ3) is 3.54. The van der Waals surface area contributed by atoms with E-state index in [9.17, 15) is 13.2 Å². The van der Waals surface area contributed by atoms with Crippen LogP contribution >= 0.6 is 0 Å². The molecule has 0 aromatic carbocycles. The Morgan fingerprint density at radius 1 is 1.27 bits per heavy atom. The molecule has 1 aromatic rings. The number of carbonyl (C=O) groups is 1. The topological polar surface area (TPSA) is 130 Å². The molecule has 2 atom stereocenters. The molecule has 0 radical (unpaired) electrons. The quantitative estimate of drug-likeness (QED) is 0.663. The Bertz CT molecular complexity index is 777. The van der Waals surface area contributed by atoms with Gasteiger partial charge in [0, 0.05) is 18.7 Å². The molecule has 0 unspecified atom stereocenters. The zero-order chi connectivity index (χ0) is 18.3. The largest absolute Gasteiger partial charge is 0.418 e. The van der Waals surface area contributed by atoms with Crippen molar-refractivity contribution in [3.63, 3.8) is 0 Å². The molecule has 3 aliphatic rings. The Morgan fingerprint density at radius 3 is 2.77 bits per heavy atom. The second-order valence-electron chi connectivity index (χ2n) is 7.04. The molecule has 3 aliphatic heterocycles. The SMILES string of the molecule is O=C1N2C[C@@H](CC[C@H]2Cn2cc(C3CCNCC3)nn2)N1OS(=O)(=O)O. The van der Waals surface area contributed by atoms with Gasteiger partial charge in [0.1, 0.15) is 0 Å². The van der Waals surface area contributed by atoms with Crippen LogP contribution in [0, 0.1) is 0 Å². The van der Waals surface area contributed by atoms with E-state index in [-0.39, 0.29) is 12.1 Å². The number of amides is 2. The monoisotopic (exact) mass is 386 g/mol. The number of nitrogens with one attached hydrogen (secondary N) is 1. The lowest BCUT2D eigenvalue weighted by atomic mass is 9.95. The van der Waals surface area contributed by atoms with Gasteiger partial charge in [0.05, 0.1) is 24.3 Å². The van der Waals surface area contributed by atoms with Gasteiger partial charge in [-0.1, -0.05) is 5.21 Å². The van der Waals surface area contributed by atoms with E-state index in [1.807, 2.05) is 6.20 Å². The van der Waals surface area contributed by atoms with Crippen molar-refractivity contribution in [3.05, 3.63) is 11.9 Å². The highest BCUT2D eigenvalue weighted by Crippen LogP contribution is 2.31. The highest BCUT2D eigenvalue weighted by Gasteiger charge is 2.47. The minimum Gasteiger partial charge on any atom is -0.317 e. The molecule has 2 bridgehead atoms. The maximum absolute atomic E-state index is 12.4. The van der Waals surface area contributed by atoms with Crippen LogP contribution in [0.1, 0.15) is 37.3 Å². The summed E-state index contributed by atoms with van der Waals surface area (Å²) in [4.78, 5) is 14.0. The Balaban J connectivity index is 1.42. The van der Waals surface area contributed by atoms with E-state index < -0.39 is 16.4 Å². The highest BCUT2D eigenvalue weighted by atomic mass is 32.3. The van der Waals surface area contributed by atoms with Gasteiger partial charge in [-0.3, -0.25) is 9.23 Å². The zero-order valence-corrected chi connectivity index (χ0v) is 15.0. The lowest BCUT2D eigenvalue weighted by Gasteiger charge is -2.30. The maximum Gasteiger partial charge on any atom is 0.418 e. The first-order chi connectivity index (χ1) is 12.4. The molecule has 11 nitrogen and oxygen atoms in total. The highest BCUT2D eigenvalue weighted by molar-refractivity contribution is 7.80. The van der Waals surface area contributed by atoms with Crippen LogP contribution in [0.25, 0.3) is 0 Å². The smallest absolute Gasteiger partial charge is 0.317 e. The summed E-state index contributed by atoms with van der Waals surface area (Å²) in [6.45, 7) is 2.83. The fourth-order valence-electron chi connectivity index (χ4n) is 4.02. The van der Waals surface area contributed by atoms with Gasteiger partial charge in [-0.15, -0.1) is 9.38 Å². The fourth-order valence-corrected chi connectivity index (χ4v) is 4.41. The Labute approximate surface area is 151 Å². The number of rotatable bonds is 5. The van der Waals surface area contributed by atoms with E-state index in [0.717, 1.165) is 36.7 Å². The van der Waals surface area contributed by atoms with Crippen LogP contribution in [-0.2, 0) is 21.2 Å². The number of hydroxylamine groups is 2. The molecule has 3 fully saturated rings. The van der Waals surface area contributed by atoms with E-state index in [1.54, 1.807) is 9.58 Å². The molecule has 4 rings (SSSR count). The normalized spacial score (nSPS) is 27.3. The number of urea groups is 1. The van der Waals surface area contributed by atoms with Gasteiger partial charge in [0.2, 0.25) is 0 Å². The Hall–Kier alpha value is -1.76. The van der Waals surface area contributed by atoms with Gasteiger partial charge in [-0.25, -0.2) is 4.79 Å².